The maximum absolute atomic E-state index is 5.29. The summed E-state index contributed by atoms with van der Waals surface area (Å²) in [5.41, 5.74) is 2.79. The molecule has 0 fully saturated rings. The third kappa shape index (κ3) is 5.86. The van der Waals surface area contributed by atoms with Crippen LogP contribution in [0.4, 0.5) is 0 Å². The highest BCUT2D eigenvalue weighted by atomic mass is 28.4. The fraction of sp³-hybridized carbons (Fsp3) is 0.600. The summed E-state index contributed by atoms with van der Waals surface area (Å²) < 4.78 is 20.9. The lowest BCUT2D eigenvalue weighted by molar-refractivity contribution is 0.137. The topological polar surface area (TPSA) is 36.9 Å². The van der Waals surface area contributed by atoms with Crippen molar-refractivity contribution in [2.24, 2.45) is 0 Å². The number of hydrogen-bond donors (Lipinski definition) is 0. The van der Waals surface area contributed by atoms with Gasteiger partial charge in [-0.3, -0.25) is 0 Å². The van der Waals surface area contributed by atoms with Gasteiger partial charge in [0.25, 0.3) is 0 Å². The highest BCUT2D eigenvalue weighted by Crippen LogP contribution is 2.07. The molecular weight excluding hydrogens is 212 g/mol. The van der Waals surface area contributed by atoms with E-state index in [9.17, 15) is 0 Å². The first kappa shape index (κ1) is 14.5. The van der Waals surface area contributed by atoms with Gasteiger partial charge in [-0.05, 0) is 12.6 Å². The molecule has 0 amide bonds. The van der Waals surface area contributed by atoms with Crippen molar-refractivity contribution >= 4 is 8.80 Å². The minimum absolute atomic E-state index is 0.498. The van der Waals surface area contributed by atoms with Crippen LogP contribution in [0, 0.1) is 0 Å². The highest BCUT2D eigenvalue weighted by molar-refractivity contribution is 6.66. The first-order valence-electron chi connectivity index (χ1n) is 4.65. The summed E-state index contributed by atoms with van der Waals surface area (Å²) in [6.07, 6.45) is 1.84. The minimum Gasteiger partial charge on any atom is -0.374 e. The third-order valence-electron chi connectivity index (χ3n) is 1.74. The van der Waals surface area contributed by atoms with Gasteiger partial charge in [0.1, 0.15) is 0 Å². The average Bonchev–Trinajstić information content (AvgIpc) is 2.24. The summed E-state index contributed by atoms with van der Waals surface area (Å²) in [6.45, 7) is 6.71. The van der Waals surface area contributed by atoms with Gasteiger partial charge < -0.3 is 18.0 Å². The summed E-state index contributed by atoms with van der Waals surface area (Å²) in [5.74, 6) is 0. The molecule has 0 aliphatic rings. The predicted octanol–water partition coefficient (Wildman–Crippen LogP) is 1.55. The molecular formula is C10H20O4Si. The monoisotopic (exact) mass is 232 g/mol. The second kappa shape index (κ2) is 7.78. The van der Waals surface area contributed by atoms with Crippen molar-refractivity contribution in [3.63, 3.8) is 0 Å². The summed E-state index contributed by atoms with van der Waals surface area (Å²) in [5, 5.41) is 0. The van der Waals surface area contributed by atoms with Crippen LogP contribution in [0.25, 0.3) is 0 Å². The van der Waals surface area contributed by atoms with Crippen molar-refractivity contribution < 1.29 is 18.0 Å². The Bertz CT molecular complexity index is 203. The fourth-order valence-electron chi connectivity index (χ4n) is 0.948. The summed E-state index contributed by atoms with van der Waals surface area (Å²) in [6, 6.07) is 0. The lowest BCUT2D eigenvalue weighted by Crippen LogP contribution is -2.41. The summed E-state index contributed by atoms with van der Waals surface area (Å²) in [4.78, 5) is 0. The SMILES string of the molecule is C=C(C)COC/C=C/[Si](OC)(OC)OC. The molecule has 0 atom stereocenters. The van der Waals surface area contributed by atoms with Crippen LogP contribution in [0.3, 0.4) is 0 Å². The summed E-state index contributed by atoms with van der Waals surface area (Å²) in [7, 11) is 2.13. The molecule has 0 aliphatic heterocycles. The number of hydrogen-bond acceptors (Lipinski definition) is 4. The van der Waals surface area contributed by atoms with E-state index in [1.165, 1.54) is 0 Å². The van der Waals surface area contributed by atoms with E-state index in [1.54, 1.807) is 27.0 Å². The van der Waals surface area contributed by atoms with Crippen molar-refractivity contribution in [1.82, 2.24) is 0 Å². The molecule has 4 nitrogen and oxygen atoms in total. The molecule has 15 heavy (non-hydrogen) atoms. The van der Waals surface area contributed by atoms with Gasteiger partial charge in [-0.1, -0.05) is 18.2 Å². The second-order valence-corrected chi connectivity index (χ2v) is 5.86. The van der Waals surface area contributed by atoms with Gasteiger partial charge in [-0.25, -0.2) is 0 Å². The first-order chi connectivity index (χ1) is 7.10. The van der Waals surface area contributed by atoms with Crippen molar-refractivity contribution in [3.05, 3.63) is 23.9 Å². The Morgan fingerprint density at radius 2 is 1.73 bits per heavy atom. The normalized spacial score (nSPS) is 12.3. The Balaban J connectivity index is 3.95. The van der Waals surface area contributed by atoms with Crippen molar-refractivity contribution in [3.8, 4) is 0 Å². The number of rotatable bonds is 8. The molecule has 0 radical (unpaired) electrons. The molecule has 88 valence electrons. The minimum atomic E-state index is -2.58. The van der Waals surface area contributed by atoms with Crippen LogP contribution in [0.2, 0.25) is 0 Å². The van der Waals surface area contributed by atoms with Gasteiger partial charge in [0, 0.05) is 21.3 Å². The molecule has 0 aromatic heterocycles. The Morgan fingerprint density at radius 1 is 1.20 bits per heavy atom. The molecule has 0 aliphatic carbocycles. The van der Waals surface area contributed by atoms with E-state index in [0.29, 0.717) is 13.2 Å². The third-order valence-corrected chi connectivity index (χ3v) is 4.09. The maximum Gasteiger partial charge on any atom is 0.528 e. The Hall–Kier alpha value is -0.463. The van der Waals surface area contributed by atoms with Crippen molar-refractivity contribution in [1.29, 1.82) is 0 Å². The molecule has 0 aromatic carbocycles. The van der Waals surface area contributed by atoms with E-state index in [2.05, 4.69) is 6.58 Å². The lowest BCUT2D eigenvalue weighted by atomic mass is 10.4. The molecule has 0 bridgehead atoms. The fourth-order valence-corrected chi connectivity index (χ4v) is 2.24. The Kier molecular flexibility index (Phi) is 7.54. The molecule has 0 saturated heterocycles. The molecule has 0 unspecified atom stereocenters. The maximum atomic E-state index is 5.29. The van der Waals surface area contributed by atoms with Crippen LogP contribution >= 0.6 is 0 Å². The Morgan fingerprint density at radius 3 is 2.13 bits per heavy atom. The van der Waals surface area contributed by atoms with Crippen LogP contribution in [0.1, 0.15) is 6.92 Å². The van der Waals surface area contributed by atoms with Crippen molar-refractivity contribution in [2.75, 3.05) is 34.5 Å². The van der Waals surface area contributed by atoms with Crippen LogP contribution in [-0.4, -0.2) is 43.3 Å². The van der Waals surface area contributed by atoms with E-state index in [4.69, 9.17) is 18.0 Å². The Labute approximate surface area is 92.8 Å². The van der Waals surface area contributed by atoms with E-state index in [1.807, 2.05) is 13.0 Å². The molecule has 0 aromatic rings. The zero-order chi connectivity index (χ0) is 11.7. The zero-order valence-electron chi connectivity index (χ0n) is 9.91. The van der Waals surface area contributed by atoms with E-state index >= 15 is 0 Å². The standard InChI is InChI=1S/C10H20O4Si/c1-10(2)9-14-7-6-8-15(11-3,12-4)13-5/h6,8H,1,7,9H2,2-5H3/b8-6+. The number of ether oxygens (including phenoxy) is 1. The van der Waals surface area contributed by atoms with Gasteiger partial charge in [0.15, 0.2) is 0 Å². The molecule has 0 saturated carbocycles. The smallest absolute Gasteiger partial charge is 0.374 e. The second-order valence-electron chi connectivity index (χ2n) is 3.09. The molecule has 0 spiro atoms. The zero-order valence-corrected chi connectivity index (χ0v) is 10.9. The highest BCUT2D eigenvalue weighted by Gasteiger charge is 2.34. The lowest BCUT2D eigenvalue weighted by Gasteiger charge is -2.20. The predicted molar refractivity (Wildman–Crippen MR) is 61.6 cm³/mol. The molecule has 0 rings (SSSR count). The molecule has 5 heteroatoms. The van der Waals surface area contributed by atoms with E-state index < -0.39 is 8.80 Å². The van der Waals surface area contributed by atoms with Gasteiger partial charge in [-0.15, -0.1) is 0 Å². The van der Waals surface area contributed by atoms with Crippen LogP contribution in [0.5, 0.6) is 0 Å². The van der Waals surface area contributed by atoms with Crippen molar-refractivity contribution in [2.45, 2.75) is 6.92 Å². The van der Waals surface area contributed by atoms with Crippen LogP contribution in [-0.2, 0) is 18.0 Å². The summed E-state index contributed by atoms with van der Waals surface area (Å²) >= 11 is 0. The van der Waals surface area contributed by atoms with Gasteiger partial charge in [-0.2, -0.15) is 0 Å². The quantitative estimate of drug-likeness (QED) is 0.361. The van der Waals surface area contributed by atoms with Gasteiger partial charge >= 0.3 is 8.80 Å². The van der Waals surface area contributed by atoms with E-state index in [-0.39, 0.29) is 0 Å². The molecule has 0 N–H and O–H groups in total. The van der Waals surface area contributed by atoms with E-state index in [0.717, 1.165) is 5.57 Å². The van der Waals surface area contributed by atoms with Crippen LogP contribution < -0.4 is 0 Å². The van der Waals surface area contributed by atoms with Gasteiger partial charge in [0.05, 0.1) is 13.2 Å². The molecule has 0 heterocycles. The largest absolute Gasteiger partial charge is 0.528 e. The van der Waals surface area contributed by atoms with Crippen LogP contribution in [0.15, 0.2) is 23.9 Å². The first-order valence-corrected chi connectivity index (χ1v) is 6.45. The average molecular weight is 232 g/mol. The van der Waals surface area contributed by atoms with Gasteiger partial charge in [0.2, 0.25) is 0 Å².